The lowest BCUT2D eigenvalue weighted by Crippen LogP contribution is -2.26. The summed E-state index contributed by atoms with van der Waals surface area (Å²) >= 11 is 0. The second-order valence-corrected chi connectivity index (χ2v) is 11.1. The van der Waals surface area contributed by atoms with Gasteiger partial charge in [0.05, 0.1) is 0 Å². The fourth-order valence-electron chi connectivity index (χ4n) is 0.997. The summed E-state index contributed by atoms with van der Waals surface area (Å²) in [5.74, 6) is -0.399. The van der Waals surface area contributed by atoms with Crippen LogP contribution >= 0.6 is 30.4 Å². The fourth-order valence-corrected chi connectivity index (χ4v) is 6.65. The Kier molecular flexibility index (Phi) is 5.37. The highest BCUT2D eigenvalue weighted by Crippen LogP contribution is 2.83. The normalized spacial score (nSPS) is 16.0. The Bertz CT molecular complexity index is 494. The summed E-state index contributed by atoms with van der Waals surface area (Å²) in [5, 5.41) is 0. The standard InChI is InChI=1S/C3H10O12P4/c4-16(5,6)2-1-3(17(7,8)9,18(10,11)12)19(13,14)15/h1-2H,(H2,4,5,6)(H2,7,8,9)(H2,10,11,12)(H2,13,14,15). The van der Waals surface area contributed by atoms with Gasteiger partial charge in [-0.3, -0.25) is 18.3 Å². The van der Waals surface area contributed by atoms with E-state index in [4.69, 9.17) is 39.1 Å². The van der Waals surface area contributed by atoms with Crippen molar-refractivity contribution in [2.45, 2.75) is 4.64 Å². The van der Waals surface area contributed by atoms with Gasteiger partial charge >= 0.3 is 30.4 Å². The molecule has 0 saturated carbocycles. The van der Waals surface area contributed by atoms with Gasteiger partial charge in [0, 0.05) is 5.82 Å². The highest BCUT2D eigenvalue weighted by atomic mass is 31.3. The molecule has 0 aromatic rings. The van der Waals surface area contributed by atoms with Gasteiger partial charge in [0.1, 0.15) is 0 Å². The summed E-state index contributed by atoms with van der Waals surface area (Å²) in [4.78, 5) is 69.8. The Hall–Kier alpha value is 0.340. The molecular weight excluding hydrogens is 352 g/mol. The molecule has 114 valence electrons. The van der Waals surface area contributed by atoms with Gasteiger partial charge < -0.3 is 39.1 Å². The molecule has 0 aliphatic rings. The molecule has 0 amide bonds. The van der Waals surface area contributed by atoms with Crippen LogP contribution in [0.4, 0.5) is 0 Å². The van der Waals surface area contributed by atoms with Crippen molar-refractivity contribution in [2.75, 3.05) is 0 Å². The van der Waals surface area contributed by atoms with Gasteiger partial charge in [0.2, 0.25) is 0 Å². The molecule has 8 N–H and O–H groups in total. The Morgan fingerprint density at radius 3 is 1.05 bits per heavy atom. The summed E-state index contributed by atoms with van der Waals surface area (Å²) in [6.07, 6.45) is -0.532. The number of hydrogen-bond donors (Lipinski definition) is 8. The fraction of sp³-hybridized carbons (Fsp3) is 0.333. The lowest BCUT2D eigenvalue weighted by Gasteiger charge is -2.31. The molecule has 0 heterocycles. The van der Waals surface area contributed by atoms with Crippen molar-refractivity contribution in [1.29, 1.82) is 0 Å². The second kappa shape index (κ2) is 5.27. The molecule has 0 unspecified atom stereocenters. The van der Waals surface area contributed by atoms with Gasteiger partial charge in [-0.2, -0.15) is 0 Å². The van der Waals surface area contributed by atoms with Crippen molar-refractivity contribution in [1.82, 2.24) is 0 Å². The minimum absolute atomic E-state index is 0.399. The Morgan fingerprint density at radius 2 is 0.895 bits per heavy atom. The van der Waals surface area contributed by atoms with Gasteiger partial charge in [0.25, 0.3) is 4.64 Å². The molecule has 19 heavy (non-hydrogen) atoms. The van der Waals surface area contributed by atoms with E-state index in [0.29, 0.717) is 0 Å². The second-order valence-electron chi connectivity index (χ2n) is 3.22. The maximum atomic E-state index is 11.1. The number of hydrogen-bond acceptors (Lipinski definition) is 4. The van der Waals surface area contributed by atoms with Crippen LogP contribution in [0.2, 0.25) is 0 Å². The zero-order valence-corrected chi connectivity index (χ0v) is 12.2. The molecule has 0 rings (SSSR count). The van der Waals surface area contributed by atoms with Crippen LogP contribution in [0, 0.1) is 0 Å². The average molecular weight is 362 g/mol. The van der Waals surface area contributed by atoms with Gasteiger partial charge in [0.15, 0.2) is 0 Å². The highest BCUT2D eigenvalue weighted by molar-refractivity contribution is 7.89. The minimum Gasteiger partial charge on any atom is -0.323 e. The van der Waals surface area contributed by atoms with E-state index in [1.165, 1.54) is 0 Å². The predicted molar refractivity (Wildman–Crippen MR) is 60.0 cm³/mol. The third kappa shape index (κ3) is 4.15. The molecule has 0 aromatic carbocycles. The van der Waals surface area contributed by atoms with Crippen molar-refractivity contribution in [2.24, 2.45) is 0 Å². The van der Waals surface area contributed by atoms with Crippen molar-refractivity contribution >= 4 is 30.4 Å². The SMILES string of the molecule is O=P(O)(O)C=CC(P(=O)(O)O)(P(=O)(O)O)P(=O)(O)O. The van der Waals surface area contributed by atoms with E-state index in [1.54, 1.807) is 0 Å². The molecule has 0 bridgehead atoms. The van der Waals surface area contributed by atoms with Crippen molar-refractivity contribution in [3.05, 3.63) is 11.9 Å². The zero-order valence-electron chi connectivity index (χ0n) is 8.65. The van der Waals surface area contributed by atoms with Crippen LogP contribution in [0.1, 0.15) is 0 Å². The molecule has 0 aromatic heterocycles. The van der Waals surface area contributed by atoms with Crippen molar-refractivity contribution in [3.8, 4) is 0 Å². The molecule has 0 fully saturated rings. The van der Waals surface area contributed by atoms with E-state index in [2.05, 4.69) is 0 Å². The molecule has 0 saturated heterocycles. The van der Waals surface area contributed by atoms with Crippen LogP contribution in [-0.4, -0.2) is 43.8 Å². The first-order valence-corrected chi connectivity index (χ1v) is 10.4. The summed E-state index contributed by atoms with van der Waals surface area (Å²) in [7, 11) is -23.8. The highest BCUT2D eigenvalue weighted by Gasteiger charge is 2.70. The van der Waals surface area contributed by atoms with E-state index < -0.39 is 46.9 Å². The van der Waals surface area contributed by atoms with E-state index in [9.17, 15) is 18.3 Å². The molecule has 0 atom stereocenters. The van der Waals surface area contributed by atoms with Gasteiger partial charge in [-0.15, -0.1) is 0 Å². The maximum Gasteiger partial charge on any atom is 0.360 e. The lowest BCUT2D eigenvalue weighted by molar-refractivity contribution is 0.313. The lowest BCUT2D eigenvalue weighted by atomic mass is 10.7. The molecule has 0 spiro atoms. The molecule has 0 aliphatic carbocycles. The van der Waals surface area contributed by atoms with E-state index in [0.717, 1.165) is 0 Å². The van der Waals surface area contributed by atoms with E-state index in [1.807, 2.05) is 0 Å². The third-order valence-electron chi connectivity index (χ3n) is 1.78. The molecule has 12 nitrogen and oxygen atoms in total. The summed E-state index contributed by atoms with van der Waals surface area (Å²) in [6.45, 7) is 0. The minimum atomic E-state index is -6.19. The predicted octanol–water partition coefficient (Wildman–Crippen LogP) is -1.14. The largest absolute Gasteiger partial charge is 0.360 e. The van der Waals surface area contributed by atoms with Crippen molar-refractivity contribution < 1.29 is 57.4 Å². The molecule has 16 heteroatoms. The Morgan fingerprint density at radius 1 is 0.632 bits per heavy atom. The third-order valence-corrected chi connectivity index (χ3v) is 10.0. The van der Waals surface area contributed by atoms with Crippen LogP contribution in [0.25, 0.3) is 0 Å². The van der Waals surface area contributed by atoms with Crippen LogP contribution in [0.15, 0.2) is 11.9 Å². The molecule has 0 radical (unpaired) electrons. The van der Waals surface area contributed by atoms with Crippen LogP contribution in [-0.2, 0) is 18.3 Å². The maximum absolute atomic E-state index is 11.1. The van der Waals surface area contributed by atoms with Crippen LogP contribution < -0.4 is 0 Å². The first-order valence-electron chi connectivity index (χ1n) is 3.88. The summed E-state index contributed by atoms with van der Waals surface area (Å²) < 4.78 is 39.4. The number of allylic oxidation sites excluding steroid dienone is 1. The van der Waals surface area contributed by atoms with Crippen LogP contribution in [0.3, 0.4) is 0 Å². The first kappa shape index (κ1) is 19.3. The molecular formula is C3H10O12P4. The smallest absolute Gasteiger partial charge is 0.323 e. The topological polar surface area (TPSA) is 230 Å². The Labute approximate surface area is 105 Å². The average Bonchev–Trinajstić information content (AvgIpc) is 1.92. The van der Waals surface area contributed by atoms with Gasteiger partial charge in [-0.05, 0) is 6.08 Å². The Balaban J connectivity index is 6.57. The van der Waals surface area contributed by atoms with E-state index in [-0.39, 0.29) is 0 Å². The van der Waals surface area contributed by atoms with Gasteiger partial charge in [-0.1, -0.05) is 0 Å². The summed E-state index contributed by atoms with van der Waals surface area (Å²) in [5.41, 5.74) is 0. The quantitative estimate of drug-likeness (QED) is 0.271. The molecule has 0 aliphatic heterocycles. The monoisotopic (exact) mass is 362 g/mol. The first-order chi connectivity index (χ1) is 7.96. The zero-order chi connectivity index (χ0) is 15.9. The summed E-state index contributed by atoms with van der Waals surface area (Å²) in [6, 6.07) is 0. The van der Waals surface area contributed by atoms with Crippen LogP contribution in [0.5, 0.6) is 0 Å². The van der Waals surface area contributed by atoms with Crippen molar-refractivity contribution in [3.63, 3.8) is 0 Å². The van der Waals surface area contributed by atoms with E-state index >= 15 is 0 Å². The number of rotatable bonds is 5. The van der Waals surface area contributed by atoms with Gasteiger partial charge in [-0.25, -0.2) is 0 Å².